The van der Waals surface area contributed by atoms with Crippen molar-refractivity contribution in [3.05, 3.63) is 12.7 Å². The Morgan fingerprint density at radius 1 is 1.67 bits per heavy atom. The van der Waals surface area contributed by atoms with E-state index in [-0.39, 0.29) is 0 Å². The van der Waals surface area contributed by atoms with Crippen molar-refractivity contribution >= 4 is 0 Å². The summed E-state index contributed by atoms with van der Waals surface area (Å²) in [5.74, 6) is 0. The molecule has 1 saturated heterocycles. The second-order valence-electron chi connectivity index (χ2n) is 3.63. The highest BCUT2D eigenvalue weighted by atomic mass is 15.2. The Labute approximate surface area is 75.6 Å². The van der Waals surface area contributed by atoms with Crippen LogP contribution in [-0.2, 0) is 0 Å². The van der Waals surface area contributed by atoms with Gasteiger partial charge in [-0.2, -0.15) is 0 Å². The average Bonchev–Trinajstić information content (AvgIpc) is 2.45. The van der Waals surface area contributed by atoms with Crippen LogP contribution in [0.3, 0.4) is 0 Å². The van der Waals surface area contributed by atoms with Crippen LogP contribution in [0.15, 0.2) is 12.7 Å². The number of rotatable bonds is 5. The van der Waals surface area contributed by atoms with Crippen molar-refractivity contribution in [3.63, 3.8) is 0 Å². The molecule has 0 aromatic rings. The molecule has 1 N–H and O–H groups in total. The monoisotopic (exact) mass is 168 g/mol. The maximum Gasteiger partial charge on any atom is 0.0207 e. The van der Waals surface area contributed by atoms with Crippen molar-refractivity contribution in [2.45, 2.75) is 25.3 Å². The maximum absolute atomic E-state index is 3.71. The highest BCUT2D eigenvalue weighted by Crippen LogP contribution is 2.05. The van der Waals surface area contributed by atoms with Crippen LogP contribution in [0.1, 0.15) is 19.3 Å². The number of nitrogens with zero attached hydrogens (tertiary/aromatic N) is 1. The Hall–Kier alpha value is -0.340. The topological polar surface area (TPSA) is 15.3 Å². The predicted molar refractivity (Wildman–Crippen MR) is 53.3 cm³/mol. The number of allylic oxidation sites excluding steroid dienone is 1. The minimum atomic E-state index is 0.736. The zero-order chi connectivity index (χ0) is 8.81. The van der Waals surface area contributed by atoms with E-state index in [1.807, 2.05) is 6.08 Å². The van der Waals surface area contributed by atoms with Crippen LogP contribution in [0.25, 0.3) is 0 Å². The number of unbranched alkanes of at least 4 members (excludes halogenated alkanes) is 1. The summed E-state index contributed by atoms with van der Waals surface area (Å²) in [6.45, 7) is 7.31. The Morgan fingerprint density at radius 2 is 2.50 bits per heavy atom. The molecular weight excluding hydrogens is 148 g/mol. The van der Waals surface area contributed by atoms with E-state index in [2.05, 4.69) is 23.8 Å². The third-order valence-corrected chi connectivity index (χ3v) is 2.41. The Kier molecular flexibility index (Phi) is 4.33. The van der Waals surface area contributed by atoms with Crippen LogP contribution in [-0.4, -0.2) is 37.6 Å². The van der Waals surface area contributed by atoms with Gasteiger partial charge >= 0.3 is 0 Å². The van der Waals surface area contributed by atoms with Gasteiger partial charge in [0.25, 0.3) is 0 Å². The minimum Gasteiger partial charge on any atom is -0.313 e. The first-order valence-corrected chi connectivity index (χ1v) is 4.85. The zero-order valence-corrected chi connectivity index (χ0v) is 8.05. The Morgan fingerprint density at radius 3 is 3.08 bits per heavy atom. The van der Waals surface area contributed by atoms with Crippen molar-refractivity contribution in [1.29, 1.82) is 0 Å². The van der Waals surface area contributed by atoms with Gasteiger partial charge in [0, 0.05) is 12.6 Å². The molecule has 0 bridgehead atoms. The number of likely N-dealkylation sites (N-methyl/N-ethyl adjacent to an activating group) is 1. The van der Waals surface area contributed by atoms with Gasteiger partial charge in [-0.15, -0.1) is 6.58 Å². The summed E-state index contributed by atoms with van der Waals surface area (Å²) in [6, 6.07) is 0.736. The number of hydrogen-bond donors (Lipinski definition) is 1. The smallest absolute Gasteiger partial charge is 0.0207 e. The van der Waals surface area contributed by atoms with E-state index in [0.717, 1.165) is 19.0 Å². The van der Waals surface area contributed by atoms with Crippen LogP contribution < -0.4 is 5.32 Å². The summed E-state index contributed by atoms with van der Waals surface area (Å²) in [5.41, 5.74) is 0. The molecule has 2 heteroatoms. The molecular formula is C10H20N2. The fourth-order valence-corrected chi connectivity index (χ4v) is 1.65. The van der Waals surface area contributed by atoms with Gasteiger partial charge < -0.3 is 10.2 Å². The highest BCUT2D eigenvalue weighted by molar-refractivity contribution is 4.79. The molecule has 1 rings (SSSR count). The highest BCUT2D eigenvalue weighted by Gasteiger charge is 2.17. The van der Waals surface area contributed by atoms with E-state index < -0.39 is 0 Å². The van der Waals surface area contributed by atoms with E-state index in [1.165, 1.54) is 25.9 Å². The van der Waals surface area contributed by atoms with Gasteiger partial charge in [-0.05, 0) is 39.4 Å². The van der Waals surface area contributed by atoms with Crippen molar-refractivity contribution < 1.29 is 0 Å². The Bertz CT molecular complexity index is 134. The van der Waals surface area contributed by atoms with Gasteiger partial charge in [-0.1, -0.05) is 6.08 Å². The van der Waals surface area contributed by atoms with Gasteiger partial charge in [0.2, 0.25) is 0 Å². The molecule has 70 valence electrons. The predicted octanol–water partition coefficient (Wildman–Crippen LogP) is 1.25. The lowest BCUT2D eigenvalue weighted by atomic mass is 10.2. The van der Waals surface area contributed by atoms with E-state index in [4.69, 9.17) is 0 Å². The zero-order valence-electron chi connectivity index (χ0n) is 8.05. The number of hydrogen-bond acceptors (Lipinski definition) is 2. The average molecular weight is 168 g/mol. The molecule has 1 unspecified atom stereocenters. The third-order valence-electron chi connectivity index (χ3n) is 2.41. The number of nitrogens with one attached hydrogen (secondary N) is 1. The molecule has 0 aliphatic carbocycles. The van der Waals surface area contributed by atoms with Crippen LogP contribution in [0.2, 0.25) is 0 Å². The fourth-order valence-electron chi connectivity index (χ4n) is 1.65. The summed E-state index contributed by atoms with van der Waals surface area (Å²) in [5, 5.41) is 3.56. The molecule has 0 saturated carbocycles. The third kappa shape index (κ3) is 3.37. The lowest BCUT2D eigenvalue weighted by Gasteiger charge is -2.11. The van der Waals surface area contributed by atoms with Crippen molar-refractivity contribution in [2.75, 3.05) is 26.7 Å². The summed E-state index contributed by atoms with van der Waals surface area (Å²) in [6.07, 6.45) is 5.66. The molecule has 0 aromatic heterocycles. The first kappa shape index (κ1) is 9.75. The van der Waals surface area contributed by atoms with Crippen LogP contribution in [0, 0.1) is 0 Å². The molecule has 0 spiro atoms. The van der Waals surface area contributed by atoms with Crippen LogP contribution >= 0.6 is 0 Å². The molecule has 12 heavy (non-hydrogen) atoms. The van der Waals surface area contributed by atoms with Gasteiger partial charge in [0.1, 0.15) is 0 Å². The number of likely N-dealkylation sites (tertiary alicyclic amines) is 1. The minimum absolute atomic E-state index is 0.736. The van der Waals surface area contributed by atoms with E-state index >= 15 is 0 Å². The molecule has 0 aromatic carbocycles. The maximum atomic E-state index is 3.71. The quantitative estimate of drug-likeness (QED) is 0.491. The summed E-state index contributed by atoms with van der Waals surface area (Å²) >= 11 is 0. The molecule has 2 nitrogen and oxygen atoms in total. The SMILES string of the molecule is C=CCCCNC1CCN(C)C1. The van der Waals surface area contributed by atoms with Gasteiger partial charge in [0.05, 0.1) is 0 Å². The van der Waals surface area contributed by atoms with E-state index in [1.54, 1.807) is 0 Å². The molecule has 1 aliphatic heterocycles. The second-order valence-corrected chi connectivity index (χ2v) is 3.63. The molecule has 0 radical (unpaired) electrons. The van der Waals surface area contributed by atoms with Crippen molar-refractivity contribution in [2.24, 2.45) is 0 Å². The lowest BCUT2D eigenvalue weighted by molar-refractivity contribution is 0.397. The Balaban J connectivity index is 1.96. The summed E-state index contributed by atoms with van der Waals surface area (Å²) in [4.78, 5) is 2.38. The van der Waals surface area contributed by atoms with E-state index in [9.17, 15) is 0 Å². The first-order chi connectivity index (χ1) is 5.83. The molecule has 1 heterocycles. The van der Waals surface area contributed by atoms with Crippen molar-refractivity contribution in [3.8, 4) is 0 Å². The summed E-state index contributed by atoms with van der Waals surface area (Å²) in [7, 11) is 2.19. The van der Waals surface area contributed by atoms with Gasteiger partial charge in [-0.3, -0.25) is 0 Å². The first-order valence-electron chi connectivity index (χ1n) is 4.85. The molecule has 1 fully saturated rings. The second kappa shape index (κ2) is 5.33. The molecule has 1 atom stereocenters. The van der Waals surface area contributed by atoms with Crippen LogP contribution in [0.5, 0.6) is 0 Å². The molecule has 0 amide bonds. The van der Waals surface area contributed by atoms with Crippen LogP contribution in [0.4, 0.5) is 0 Å². The largest absolute Gasteiger partial charge is 0.313 e. The fraction of sp³-hybridized carbons (Fsp3) is 0.800. The molecule has 1 aliphatic rings. The lowest BCUT2D eigenvalue weighted by Crippen LogP contribution is -2.32. The normalized spacial score (nSPS) is 24.6. The van der Waals surface area contributed by atoms with Crippen molar-refractivity contribution in [1.82, 2.24) is 10.2 Å². The summed E-state index contributed by atoms with van der Waals surface area (Å²) < 4.78 is 0. The standard InChI is InChI=1S/C10H20N2/c1-3-4-5-7-11-10-6-8-12(2)9-10/h3,10-11H,1,4-9H2,2H3. The van der Waals surface area contributed by atoms with Gasteiger partial charge in [-0.25, -0.2) is 0 Å². The van der Waals surface area contributed by atoms with E-state index in [0.29, 0.717) is 0 Å². The van der Waals surface area contributed by atoms with Gasteiger partial charge in [0.15, 0.2) is 0 Å².